The van der Waals surface area contributed by atoms with Crippen LogP contribution in [-0.2, 0) is 6.54 Å². The van der Waals surface area contributed by atoms with Crippen molar-refractivity contribution in [3.8, 4) is 16.6 Å². The Labute approximate surface area is 185 Å². The molecule has 5 rings (SSSR count). The number of thiazole rings is 1. The van der Waals surface area contributed by atoms with E-state index in [-0.39, 0.29) is 6.10 Å². The first-order valence-electron chi connectivity index (χ1n) is 10.8. The van der Waals surface area contributed by atoms with E-state index in [1.165, 1.54) is 24.2 Å². The quantitative estimate of drug-likeness (QED) is 0.576. The SMILES string of the molecule is c1cc(-c2cnc(Nc3ncc(CN4CCNCC4)cn3)s2)nc(OC2CCCC2)n1. The fourth-order valence-electron chi connectivity index (χ4n) is 3.86. The van der Waals surface area contributed by atoms with Crippen molar-refractivity contribution in [2.24, 2.45) is 0 Å². The fraction of sp³-hybridized carbons (Fsp3) is 0.476. The van der Waals surface area contributed by atoms with Gasteiger partial charge in [-0.1, -0.05) is 11.3 Å². The van der Waals surface area contributed by atoms with E-state index >= 15 is 0 Å². The molecule has 4 heterocycles. The lowest BCUT2D eigenvalue weighted by molar-refractivity contribution is 0.192. The largest absolute Gasteiger partial charge is 0.460 e. The highest BCUT2D eigenvalue weighted by molar-refractivity contribution is 7.18. The molecule has 0 radical (unpaired) electrons. The lowest BCUT2D eigenvalue weighted by Crippen LogP contribution is -2.42. The summed E-state index contributed by atoms with van der Waals surface area (Å²) in [6.07, 6.45) is 12.1. The van der Waals surface area contributed by atoms with Crippen LogP contribution in [0.1, 0.15) is 31.2 Å². The lowest BCUT2D eigenvalue weighted by atomic mass is 10.3. The minimum atomic E-state index is 0.237. The number of ether oxygens (including phenoxy) is 1. The number of nitrogens with zero attached hydrogens (tertiary/aromatic N) is 6. The predicted molar refractivity (Wildman–Crippen MR) is 119 cm³/mol. The third-order valence-corrected chi connectivity index (χ3v) is 6.44. The van der Waals surface area contributed by atoms with Gasteiger partial charge in [-0.25, -0.2) is 19.9 Å². The lowest BCUT2D eigenvalue weighted by Gasteiger charge is -2.26. The third kappa shape index (κ3) is 5.33. The Morgan fingerprint density at radius 2 is 1.87 bits per heavy atom. The van der Waals surface area contributed by atoms with Crippen LogP contribution in [0.25, 0.3) is 10.6 Å². The van der Waals surface area contributed by atoms with Crippen molar-refractivity contribution in [3.05, 3.63) is 36.4 Å². The van der Waals surface area contributed by atoms with Crippen molar-refractivity contribution in [2.75, 3.05) is 31.5 Å². The molecule has 0 aromatic carbocycles. The van der Waals surface area contributed by atoms with Gasteiger partial charge in [0.2, 0.25) is 5.95 Å². The van der Waals surface area contributed by atoms with E-state index < -0.39 is 0 Å². The van der Waals surface area contributed by atoms with Gasteiger partial charge in [0, 0.05) is 63.1 Å². The number of rotatable bonds is 7. The molecule has 0 atom stereocenters. The molecule has 2 aliphatic rings. The van der Waals surface area contributed by atoms with Gasteiger partial charge in [0.1, 0.15) is 6.10 Å². The van der Waals surface area contributed by atoms with Crippen LogP contribution < -0.4 is 15.4 Å². The van der Waals surface area contributed by atoms with Gasteiger partial charge < -0.3 is 15.4 Å². The van der Waals surface area contributed by atoms with Gasteiger partial charge in [0.05, 0.1) is 10.6 Å². The van der Waals surface area contributed by atoms with E-state index in [1.54, 1.807) is 12.4 Å². The van der Waals surface area contributed by atoms with Gasteiger partial charge >= 0.3 is 6.01 Å². The average Bonchev–Trinajstić information content (AvgIpc) is 3.48. The Kier molecular flexibility index (Phi) is 6.28. The van der Waals surface area contributed by atoms with Crippen LogP contribution in [0.2, 0.25) is 0 Å². The molecule has 10 heteroatoms. The summed E-state index contributed by atoms with van der Waals surface area (Å²) < 4.78 is 5.92. The van der Waals surface area contributed by atoms with Crippen LogP contribution in [0.3, 0.4) is 0 Å². The normalized spacial score (nSPS) is 17.7. The standard InChI is InChI=1S/C21H26N8OS/c1-2-4-16(3-1)30-20-23-6-5-17(27-20)18-13-26-21(31-18)28-19-24-11-15(12-25-19)14-29-9-7-22-8-10-29/h5-6,11-13,16,22H,1-4,7-10,14H2,(H,24,25,26,28). The highest BCUT2D eigenvalue weighted by atomic mass is 32.1. The number of piperazine rings is 1. The summed E-state index contributed by atoms with van der Waals surface area (Å²) in [5, 5.41) is 7.28. The maximum Gasteiger partial charge on any atom is 0.317 e. The van der Waals surface area contributed by atoms with E-state index in [0.717, 1.165) is 66.8 Å². The molecule has 3 aromatic rings. The highest BCUT2D eigenvalue weighted by Crippen LogP contribution is 2.30. The first kappa shape index (κ1) is 20.2. The number of hydrogen-bond donors (Lipinski definition) is 2. The Balaban J connectivity index is 1.20. The summed E-state index contributed by atoms with van der Waals surface area (Å²) >= 11 is 1.50. The second-order valence-electron chi connectivity index (χ2n) is 7.84. The van der Waals surface area contributed by atoms with Crippen LogP contribution in [0.4, 0.5) is 11.1 Å². The molecule has 1 saturated carbocycles. The molecule has 2 N–H and O–H groups in total. The molecule has 0 amide bonds. The third-order valence-electron chi connectivity index (χ3n) is 5.51. The van der Waals surface area contributed by atoms with Crippen molar-refractivity contribution < 1.29 is 4.74 Å². The van der Waals surface area contributed by atoms with Crippen LogP contribution in [0, 0.1) is 0 Å². The summed E-state index contributed by atoms with van der Waals surface area (Å²) in [5.74, 6) is 0.540. The Morgan fingerprint density at radius 3 is 2.68 bits per heavy atom. The molecule has 0 unspecified atom stereocenters. The zero-order chi connectivity index (χ0) is 20.9. The Bertz CT molecular complexity index is 983. The Morgan fingerprint density at radius 1 is 1.06 bits per heavy atom. The zero-order valence-electron chi connectivity index (χ0n) is 17.3. The van der Waals surface area contributed by atoms with Crippen molar-refractivity contribution in [1.29, 1.82) is 0 Å². The summed E-state index contributed by atoms with van der Waals surface area (Å²) in [4.78, 5) is 25.5. The van der Waals surface area contributed by atoms with E-state index in [1.807, 2.05) is 18.5 Å². The van der Waals surface area contributed by atoms with Crippen molar-refractivity contribution >= 4 is 22.4 Å². The number of anilines is 2. The van der Waals surface area contributed by atoms with Gasteiger partial charge in [-0.05, 0) is 31.7 Å². The Hall–Kier alpha value is -2.69. The van der Waals surface area contributed by atoms with Gasteiger partial charge in [0.25, 0.3) is 0 Å². The number of aromatic nitrogens is 5. The minimum Gasteiger partial charge on any atom is -0.460 e. The van der Waals surface area contributed by atoms with Gasteiger partial charge in [0.15, 0.2) is 5.13 Å². The van der Waals surface area contributed by atoms with E-state index in [4.69, 9.17) is 4.74 Å². The first-order valence-corrected chi connectivity index (χ1v) is 11.6. The topological polar surface area (TPSA) is 101 Å². The maximum absolute atomic E-state index is 5.92. The second-order valence-corrected chi connectivity index (χ2v) is 8.88. The molecule has 0 spiro atoms. The van der Waals surface area contributed by atoms with Gasteiger partial charge in [-0.2, -0.15) is 4.98 Å². The van der Waals surface area contributed by atoms with Crippen LogP contribution >= 0.6 is 11.3 Å². The van der Waals surface area contributed by atoms with Crippen molar-refractivity contribution in [3.63, 3.8) is 0 Å². The zero-order valence-corrected chi connectivity index (χ0v) is 18.1. The van der Waals surface area contributed by atoms with Crippen LogP contribution in [0.15, 0.2) is 30.9 Å². The second kappa shape index (κ2) is 9.63. The molecule has 2 fully saturated rings. The molecule has 1 aliphatic carbocycles. The molecule has 9 nitrogen and oxygen atoms in total. The predicted octanol–water partition coefficient (Wildman–Crippen LogP) is 2.86. The summed E-state index contributed by atoms with van der Waals surface area (Å²) in [6.45, 7) is 5.06. The van der Waals surface area contributed by atoms with E-state index in [2.05, 4.69) is 40.5 Å². The minimum absolute atomic E-state index is 0.237. The highest BCUT2D eigenvalue weighted by Gasteiger charge is 2.18. The molecule has 1 aliphatic heterocycles. The molecular weight excluding hydrogens is 412 g/mol. The molecule has 31 heavy (non-hydrogen) atoms. The van der Waals surface area contributed by atoms with Crippen molar-refractivity contribution in [1.82, 2.24) is 35.1 Å². The van der Waals surface area contributed by atoms with Crippen LogP contribution in [-0.4, -0.2) is 62.1 Å². The summed E-state index contributed by atoms with van der Waals surface area (Å²) in [6, 6.07) is 2.32. The molecular formula is C21H26N8OS. The van der Waals surface area contributed by atoms with Crippen molar-refractivity contribution in [2.45, 2.75) is 38.3 Å². The molecule has 0 bridgehead atoms. The fourth-order valence-corrected chi connectivity index (χ4v) is 4.64. The average molecular weight is 439 g/mol. The first-order chi connectivity index (χ1) is 15.3. The molecule has 1 saturated heterocycles. The molecule has 3 aromatic heterocycles. The van der Waals surface area contributed by atoms with Gasteiger partial charge in [-0.15, -0.1) is 0 Å². The molecule has 162 valence electrons. The van der Waals surface area contributed by atoms with Gasteiger partial charge in [-0.3, -0.25) is 4.90 Å². The summed E-state index contributed by atoms with van der Waals surface area (Å²) in [7, 11) is 0. The smallest absolute Gasteiger partial charge is 0.317 e. The number of hydrogen-bond acceptors (Lipinski definition) is 10. The van der Waals surface area contributed by atoms with E-state index in [9.17, 15) is 0 Å². The summed E-state index contributed by atoms with van der Waals surface area (Å²) in [5.41, 5.74) is 1.92. The van der Waals surface area contributed by atoms with E-state index in [0.29, 0.717) is 12.0 Å². The number of nitrogens with one attached hydrogen (secondary N) is 2. The van der Waals surface area contributed by atoms with Crippen LogP contribution in [0.5, 0.6) is 6.01 Å². The monoisotopic (exact) mass is 438 g/mol. The maximum atomic E-state index is 5.92.